The molecule has 0 N–H and O–H groups in total. The molecule has 0 bridgehead atoms. The smallest absolute Gasteiger partial charge is 0.254 e. The highest BCUT2D eigenvalue weighted by Gasteiger charge is 2.28. The van der Waals surface area contributed by atoms with Crippen molar-refractivity contribution in [1.29, 1.82) is 0 Å². The average molecular weight is 413 g/mol. The van der Waals surface area contributed by atoms with E-state index in [4.69, 9.17) is 19.2 Å². The Morgan fingerprint density at radius 2 is 1.83 bits per heavy atom. The van der Waals surface area contributed by atoms with Crippen LogP contribution < -0.4 is 14.2 Å². The lowest BCUT2D eigenvalue weighted by atomic mass is 9.98. The highest BCUT2D eigenvalue weighted by Crippen LogP contribution is 2.39. The number of hydrogen-bond donors (Lipinski definition) is 0. The predicted molar refractivity (Wildman–Crippen MR) is 114 cm³/mol. The average Bonchev–Trinajstić information content (AvgIpc) is 3.22. The maximum absolute atomic E-state index is 13.2. The van der Waals surface area contributed by atoms with Gasteiger partial charge in [0.1, 0.15) is 0 Å². The summed E-state index contributed by atoms with van der Waals surface area (Å²) >= 11 is 1.72. The Balaban J connectivity index is 1.59. The Hall–Kier alpha value is -2.80. The largest absolute Gasteiger partial charge is 0.493 e. The molecule has 1 aliphatic heterocycles. The molecule has 4 rings (SSSR count). The van der Waals surface area contributed by atoms with Crippen LogP contribution in [0.3, 0.4) is 0 Å². The Morgan fingerprint density at radius 3 is 2.48 bits per heavy atom. The van der Waals surface area contributed by atoms with Crippen LogP contribution in [0.25, 0.3) is 10.2 Å². The molecule has 0 aliphatic carbocycles. The minimum Gasteiger partial charge on any atom is -0.493 e. The summed E-state index contributed by atoms with van der Waals surface area (Å²) in [5.74, 6) is 1.67. The van der Waals surface area contributed by atoms with Crippen LogP contribution in [0.1, 0.15) is 34.1 Å². The third-order valence-electron chi connectivity index (χ3n) is 5.28. The van der Waals surface area contributed by atoms with E-state index in [2.05, 4.69) is 6.07 Å². The van der Waals surface area contributed by atoms with Gasteiger partial charge in [0, 0.05) is 24.6 Å². The normalized spacial score (nSPS) is 16.7. The molecule has 1 saturated heterocycles. The summed E-state index contributed by atoms with van der Waals surface area (Å²) in [6.45, 7) is 1.40. The molecule has 7 heteroatoms. The van der Waals surface area contributed by atoms with Gasteiger partial charge in [0.05, 0.1) is 36.6 Å². The number of thiazole rings is 1. The first-order chi connectivity index (χ1) is 14.1. The van der Waals surface area contributed by atoms with Crippen LogP contribution in [0.5, 0.6) is 17.2 Å². The number of carbonyl (C=O) groups is 1. The molecule has 6 nitrogen and oxygen atoms in total. The van der Waals surface area contributed by atoms with Crippen molar-refractivity contribution in [1.82, 2.24) is 9.88 Å². The lowest BCUT2D eigenvalue weighted by molar-refractivity contribution is 0.0706. The van der Waals surface area contributed by atoms with Crippen molar-refractivity contribution in [2.24, 2.45) is 0 Å². The second kappa shape index (κ2) is 8.29. The quantitative estimate of drug-likeness (QED) is 0.624. The molecule has 0 saturated carbocycles. The number of carbonyl (C=O) groups excluding carboxylic acids is 1. The van der Waals surface area contributed by atoms with Gasteiger partial charge in [-0.1, -0.05) is 12.1 Å². The molecule has 1 atom stereocenters. The molecule has 0 spiro atoms. The van der Waals surface area contributed by atoms with Gasteiger partial charge in [-0.2, -0.15) is 0 Å². The van der Waals surface area contributed by atoms with Crippen LogP contribution >= 0.6 is 11.3 Å². The first kappa shape index (κ1) is 19.5. The molecule has 1 aromatic heterocycles. The van der Waals surface area contributed by atoms with Crippen LogP contribution in [0.2, 0.25) is 0 Å². The van der Waals surface area contributed by atoms with E-state index in [1.807, 2.05) is 23.1 Å². The summed E-state index contributed by atoms with van der Waals surface area (Å²) in [5.41, 5.74) is 1.56. The number of ether oxygens (including phenoxy) is 3. The number of methoxy groups -OCH3 is 3. The van der Waals surface area contributed by atoms with Gasteiger partial charge >= 0.3 is 0 Å². The lowest BCUT2D eigenvalue weighted by Gasteiger charge is -2.32. The van der Waals surface area contributed by atoms with Crippen molar-refractivity contribution < 1.29 is 19.0 Å². The summed E-state index contributed by atoms with van der Waals surface area (Å²) in [6, 6.07) is 11.6. The van der Waals surface area contributed by atoms with Crippen LogP contribution in [0.15, 0.2) is 36.4 Å². The van der Waals surface area contributed by atoms with Gasteiger partial charge in [-0.05, 0) is 37.1 Å². The summed E-state index contributed by atoms with van der Waals surface area (Å²) in [4.78, 5) is 19.9. The molecule has 29 heavy (non-hydrogen) atoms. The molecule has 3 aromatic rings. The van der Waals surface area contributed by atoms with E-state index >= 15 is 0 Å². The highest BCUT2D eigenvalue weighted by atomic mass is 32.1. The summed E-state index contributed by atoms with van der Waals surface area (Å²) in [7, 11) is 4.65. The molecule has 1 fully saturated rings. The number of fused-ring (bicyclic) bond motifs is 1. The fourth-order valence-corrected chi connectivity index (χ4v) is 4.91. The van der Waals surface area contributed by atoms with E-state index < -0.39 is 0 Å². The van der Waals surface area contributed by atoms with E-state index in [0.717, 1.165) is 29.9 Å². The highest BCUT2D eigenvalue weighted by molar-refractivity contribution is 7.18. The second-order valence-electron chi connectivity index (χ2n) is 7.02. The van der Waals surface area contributed by atoms with Crippen molar-refractivity contribution in [2.45, 2.75) is 18.8 Å². The monoisotopic (exact) mass is 412 g/mol. The van der Waals surface area contributed by atoms with Gasteiger partial charge in [-0.3, -0.25) is 4.79 Å². The first-order valence-corrected chi connectivity index (χ1v) is 10.4. The van der Waals surface area contributed by atoms with Crippen molar-refractivity contribution in [3.05, 3.63) is 47.0 Å². The van der Waals surface area contributed by atoms with Crippen LogP contribution in [-0.2, 0) is 0 Å². The van der Waals surface area contributed by atoms with Gasteiger partial charge in [-0.15, -0.1) is 11.3 Å². The van der Waals surface area contributed by atoms with E-state index in [-0.39, 0.29) is 11.8 Å². The Labute approximate surface area is 174 Å². The number of aromatic nitrogens is 1. The summed E-state index contributed by atoms with van der Waals surface area (Å²) < 4.78 is 17.3. The molecule has 152 valence electrons. The van der Waals surface area contributed by atoms with Crippen LogP contribution in [0.4, 0.5) is 0 Å². The van der Waals surface area contributed by atoms with E-state index in [9.17, 15) is 4.79 Å². The second-order valence-corrected chi connectivity index (χ2v) is 8.09. The third kappa shape index (κ3) is 3.74. The van der Waals surface area contributed by atoms with Gasteiger partial charge in [-0.25, -0.2) is 4.98 Å². The minimum absolute atomic E-state index is 0.0323. The SMILES string of the molecule is COc1cc(C(=O)N2CCC[C@@H](c3nc4ccccc4s3)C2)cc(OC)c1OC. The van der Waals surface area contributed by atoms with Gasteiger partial charge in [0.2, 0.25) is 5.75 Å². The van der Waals surface area contributed by atoms with Gasteiger partial charge in [0.25, 0.3) is 5.91 Å². The van der Waals surface area contributed by atoms with Crippen molar-refractivity contribution >= 4 is 27.5 Å². The summed E-state index contributed by atoms with van der Waals surface area (Å²) in [6.07, 6.45) is 2.00. The van der Waals surface area contributed by atoms with Gasteiger partial charge < -0.3 is 19.1 Å². The zero-order valence-electron chi connectivity index (χ0n) is 16.8. The number of benzene rings is 2. The van der Waals surface area contributed by atoms with E-state index in [0.29, 0.717) is 29.4 Å². The van der Waals surface area contributed by atoms with E-state index in [1.165, 1.54) is 4.70 Å². The van der Waals surface area contributed by atoms with Crippen LogP contribution in [0, 0.1) is 0 Å². The maximum atomic E-state index is 13.2. The fraction of sp³-hybridized carbons (Fsp3) is 0.364. The molecule has 1 aliphatic rings. The molecular formula is C22H24N2O4S. The number of likely N-dealkylation sites (tertiary alicyclic amines) is 1. The van der Waals surface area contributed by atoms with Crippen molar-refractivity contribution in [3.63, 3.8) is 0 Å². The Bertz CT molecular complexity index is 975. The molecule has 0 unspecified atom stereocenters. The number of amides is 1. The number of nitrogens with zero attached hydrogens (tertiary/aromatic N) is 2. The molecule has 1 amide bonds. The zero-order chi connectivity index (χ0) is 20.4. The topological polar surface area (TPSA) is 60.9 Å². The Morgan fingerprint density at radius 1 is 1.10 bits per heavy atom. The number of piperidine rings is 1. The molecule has 2 heterocycles. The number of rotatable bonds is 5. The van der Waals surface area contributed by atoms with Crippen molar-refractivity contribution in [2.75, 3.05) is 34.4 Å². The standard InChI is InChI=1S/C22H24N2O4S/c1-26-17-11-15(12-18(27-2)20(17)28-3)22(25)24-10-6-7-14(13-24)21-23-16-8-4-5-9-19(16)29-21/h4-5,8-9,11-12,14H,6-7,10,13H2,1-3H3/t14-/m1/s1. The predicted octanol–water partition coefficient (Wildman–Crippen LogP) is 4.34. The van der Waals surface area contributed by atoms with Crippen LogP contribution in [-0.4, -0.2) is 50.2 Å². The minimum atomic E-state index is -0.0323. The Kier molecular flexibility index (Phi) is 5.58. The number of hydrogen-bond acceptors (Lipinski definition) is 6. The summed E-state index contributed by atoms with van der Waals surface area (Å²) in [5, 5.41) is 1.11. The number of para-hydroxylation sites is 1. The fourth-order valence-electron chi connectivity index (χ4n) is 3.81. The lowest BCUT2D eigenvalue weighted by Crippen LogP contribution is -2.39. The zero-order valence-corrected chi connectivity index (χ0v) is 17.6. The molecule has 0 radical (unpaired) electrons. The van der Waals surface area contributed by atoms with E-state index in [1.54, 1.807) is 44.8 Å². The van der Waals surface area contributed by atoms with Gasteiger partial charge in [0.15, 0.2) is 11.5 Å². The third-order valence-corrected chi connectivity index (χ3v) is 6.48. The van der Waals surface area contributed by atoms with Crippen molar-refractivity contribution in [3.8, 4) is 17.2 Å². The molecule has 2 aromatic carbocycles. The first-order valence-electron chi connectivity index (χ1n) is 9.59. The maximum Gasteiger partial charge on any atom is 0.254 e. The molecular weight excluding hydrogens is 388 g/mol.